The molecule has 2 rings (SSSR count). The van der Waals surface area contributed by atoms with E-state index >= 15 is 0 Å². The summed E-state index contributed by atoms with van der Waals surface area (Å²) in [5.74, 6) is 0.998. The molecule has 15 heavy (non-hydrogen) atoms. The number of hydrogen-bond acceptors (Lipinski definition) is 2. The lowest BCUT2D eigenvalue weighted by molar-refractivity contribution is 0.242. The molecule has 0 aromatic heterocycles. The van der Waals surface area contributed by atoms with Gasteiger partial charge in [0.15, 0.2) is 0 Å². The Hall–Kier alpha value is -1.02. The van der Waals surface area contributed by atoms with Gasteiger partial charge < -0.3 is 10.1 Å². The minimum Gasteiger partial charge on any atom is -0.491 e. The summed E-state index contributed by atoms with van der Waals surface area (Å²) in [5, 5.41) is 3.46. The topological polar surface area (TPSA) is 21.3 Å². The van der Waals surface area contributed by atoms with Crippen molar-refractivity contribution in [2.45, 2.75) is 39.3 Å². The molecule has 0 radical (unpaired) electrons. The van der Waals surface area contributed by atoms with Crippen molar-refractivity contribution in [1.29, 1.82) is 0 Å². The maximum atomic E-state index is 5.70. The zero-order chi connectivity index (χ0) is 10.8. The normalized spacial score (nSPS) is 20.1. The summed E-state index contributed by atoms with van der Waals surface area (Å²) in [5.41, 5.74) is 2.84. The second-order valence-electron chi connectivity index (χ2n) is 4.45. The maximum Gasteiger partial charge on any atom is 0.119 e. The van der Waals surface area contributed by atoms with Crippen LogP contribution in [0.5, 0.6) is 5.75 Å². The molecule has 82 valence electrons. The van der Waals surface area contributed by atoms with Gasteiger partial charge in [-0.15, -0.1) is 0 Å². The van der Waals surface area contributed by atoms with Gasteiger partial charge in [-0.2, -0.15) is 0 Å². The van der Waals surface area contributed by atoms with E-state index in [0.717, 1.165) is 18.7 Å². The molecule has 0 saturated carbocycles. The van der Waals surface area contributed by atoms with E-state index in [-0.39, 0.29) is 6.10 Å². The van der Waals surface area contributed by atoms with Crippen LogP contribution in [-0.4, -0.2) is 12.6 Å². The number of hydrogen-bond donors (Lipinski definition) is 1. The van der Waals surface area contributed by atoms with E-state index in [0.29, 0.717) is 6.04 Å². The smallest absolute Gasteiger partial charge is 0.119 e. The lowest BCUT2D eigenvalue weighted by Crippen LogP contribution is -2.27. The van der Waals surface area contributed by atoms with Gasteiger partial charge in [0.2, 0.25) is 0 Å². The van der Waals surface area contributed by atoms with Gasteiger partial charge in [0, 0.05) is 6.04 Å². The molecule has 0 aliphatic carbocycles. The minimum absolute atomic E-state index is 0.252. The van der Waals surface area contributed by atoms with E-state index < -0.39 is 0 Å². The molecule has 1 aliphatic rings. The Labute approximate surface area is 91.6 Å². The molecule has 1 aliphatic heterocycles. The fraction of sp³-hybridized carbons (Fsp3) is 0.538. The summed E-state index contributed by atoms with van der Waals surface area (Å²) in [6.45, 7) is 7.40. The quantitative estimate of drug-likeness (QED) is 0.801. The van der Waals surface area contributed by atoms with Crippen LogP contribution in [0.4, 0.5) is 0 Å². The monoisotopic (exact) mass is 205 g/mol. The highest BCUT2D eigenvalue weighted by Gasteiger charge is 2.15. The first-order chi connectivity index (χ1) is 7.16. The van der Waals surface area contributed by atoms with Gasteiger partial charge in [0.25, 0.3) is 0 Å². The largest absolute Gasteiger partial charge is 0.491 e. The Morgan fingerprint density at radius 1 is 1.40 bits per heavy atom. The number of benzene rings is 1. The first kappa shape index (κ1) is 10.5. The zero-order valence-corrected chi connectivity index (χ0v) is 9.71. The van der Waals surface area contributed by atoms with Crippen molar-refractivity contribution in [1.82, 2.24) is 5.32 Å². The number of ether oxygens (including phenoxy) is 1. The SMILES string of the molecule is CC(C)Oc1ccc2c(c1)CCNC2C. The Bertz CT molecular complexity index is 346. The third-order valence-electron chi connectivity index (χ3n) is 2.80. The minimum atomic E-state index is 0.252. The molecule has 0 amide bonds. The molecule has 1 N–H and O–H groups in total. The van der Waals surface area contributed by atoms with E-state index in [9.17, 15) is 0 Å². The maximum absolute atomic E-state index is 5.70. The second kappa shape index (κ2) is 4.23. The molecule has 1 aromatic rings. The van der Waals surface area contributed by atoms with Crippen LogP contribution in [-0.2, 0) is 6.42 Å². The van der Waals surface area contributed by atoms with Crippen molar-refractivity contribution in [3.8, 4) is 5.75 Å². The Morgan fingerprint density at radius 3 is 2.93 bits per heavy atom. The van der Waals surface area contributed by atoms with Crippen molar-refractivity contribution in [3.05, 3.63) is 29.3 Å². The first-order valence-corrected chi connectivity index (χ1v) is 5.69. The molecule has 1 heterocycles. The molecule has 1 unspecified atom stereocenters. The highest BCUT2D eigenvalue weighted by molar-refractivity contribution is 5.39. The summed E-state index contributed by atoms with van der Waals surface area (Å²) >= 11 is 0. The molecule has 2 heteroatoms. The Morgan fingerprint density at radius 2 is 2.20 bits per heavy atom. The lowest BCUT2D eigenvalue weighted by Gasteiger charge is -2.24. The van der Waals surface area contributed by atoms with Crippen LogP contribution < -0.4 is 10.1 Å². The van der Waals surface area contributed by atoms with Crippen LogP contribution in [0.15, 0.2) is 18.2 Å². The highest BCUT2D eigenvalue weighted by atomic mass is 16.5. The van der Waals surface area contributed by atoms with Crippen LogP contribution in [0.3, 0.4) is 0 Å². The van der Waals surface area contributed by atoms with Gasteiger partial charge in [-0.25, -0.2) is 0 Å². The second-order valence-corrected chi connectivity index (χ2v) is 4.45. The van der Waals surface area contributed by atoms with Crippen molar-refractivity contribution < 1.29 is 4.74 Å². The van der Waals surface area contributed by atoms with Gasteiger partial charge >= 0.3 is 0 Å². The summed E-state index contributed by atoms with van der Waals surface area (Å²) < 4.78 is 5.70. The van der Waals surface area contributed by atoms with E-state index in [1.165, 1.54) is 11.1 Å². The van der Waals surface area contributed by atoms with E-state index in [4.69, 9.17) is 4.74 Å². The number of nitrogens with one attached hydrogen (secondary N) is 1. The van der Waals surface area contributed by atoms with Gasteiger partial charge in [-0.3, -0.25) is 0 Å². The summed E-state index contributed by atoms with van der Waals surface area (Å²) in [4.78, 5) is 0. The van der Waals surface area contributed by atoms with Gasteiger partial charge in [-0.1, -0.05) is 6.07 Å². The average molecular weight is 205 g/mol. The van der Waals surface area contributed by atoms with Crippen LogP contribution >= 0.6 is 0 Å². The molecule has 0 saturated heterocycles. The molecule has 1 aromatic carbocycles. The van der Waals surface area contributed by atoms with E-state index in [2.05, 4.69) is 44.3 Å². The molecule has 0 spiro atoms. The van der Waals surface area contributed by atoms with Crippen LogP contribution in [0, 0.1) is 0 Å². The van der Waals surface area contributed by atoms with Crippen LogP contribution in [0.25, 0.3) is 0 Å². The van der Waals surface area contributed by atoms with Crippen LogP contribution in [0.2, 0.25) is 0 Å². The highest BCUT2D eigenvalue weighted by Crippen LogP contribution is 2.26. The third kappa shape index (κ3) is 2.32. The fourth-order valence-electron chi connectivity index (χ4n) is 2.10. The number of fused-ring (bicyclic) bond motifs is 1. The van der Waals surface area contributed by atoms with Gasteiger partial charge in [0.1, 0.15) is 5.75 Å². The predicted octanol–water partition coefficient (Wildman–Crippen LogP) is 2.68. The van der Waals surface area contributed by atoms with Crippen molar-refractivity contribution in [2.24, 2.45) is 0 Å². The molecule has 0 bridgehead atoms. The molecule has 1 atom stereocenters. The molecule has 2 nitrogen and oxygen atoms in total. The van der Waals surface area contributed by atoms with Crippen molar-refractivity contribution in [2.75, 3.05) is 6.54 Å². The van der Waals surface area contributed by atoms with Crippen LogP contribution in [0.1, 0.15) is 37.9 Å². The molecule has 0 fully saturated rings. The summed E-state index contributed by atoms with van der Waals surface area (Å²) in [7, 11) is 0. The van der Waals surface area contributed by atoms with Crippen molar-refractivity contribution >= 4 is 0 Å². The van der Waals surface area contributed by atoms with Gasteiger partial charge in [0.05, 0.1) is 6.10 Å². The van der Waals surface area contributed by atoms with Gasteiger partial charge in [-0.05, 0) is 57.0 Å². The summed E-state index contributed by atoms with van der Waals surface area (Å²) in [6.07, 6.45) is 1.36. The summed E-state index contributed by atoms with van der Waals surface area (Å²) in [6, 6.07) is 6.92. The lowest BCUT2D eigenvalue weighted by atomic mass is 9.95. The Kier molecular flexibility index (Phi) is 2.96. The predicted molar refractivity (Wildman–Crippen MR) is 62.3 cm³/mol. The van der Waals surface area contributed by atoms with Crippen molar-refractivity contribution in [3.63, 3.8) is 0 Å². The fourth-order valence-corrected chi connectivity index (χ4v) is 2.10. The number of rotatable bonds is 2. The average Bonchev–Trinajstić information content (AvgIpc) is 2.17. The standard InChI is InChI=1S/C13H19NO/c1-9(2)15-12-4-5-13-10(3)14-7-6-11(13)8-12/h4-5,8-10,14H,6-7H2,1-3H3. The molecular weight excluding hydrogens is 186 g/mol. The third-order valence-corrected chi connectivity index (χ3v) is 2.80. The molecular formula is C13H19NO. The zero-order valence-electron chi connectivity index (χ0n) is 9.71. The Balaban J connectivity index is 2.25. The van der Waals surface area contributed by atoms with E-state index in [1.807, 2.05) is 0 Å². The van der Waals surface area contributed by atoms with E-state index in [1.54, 1.807) is 0 Å². The first-order valence-electron chi connectivity index (χ1n) is 5.69.